The van der Waals surface area contributed by atoms with Crippen molar-refractivity contribution in [1.82, 2.24) is 0 Å². The quantitative estimate of drug-likeness (QED) is 0.0502. The van der Waals surface area contributed by atoms with Gasteiger partial charge in [0.25, 0.3) is 0 Å². The zero-order chi connectivity index (χ0) is 35.2. The molecule has 0 aliphatic rings. The van der Waals surface area contributed by atoms with E-state index in [0.717, 1.165) is 44.4 Å². The van der Waals surface area contributed by atoms with Gasteiger partial charge in [-0.15, -0.1) is 0 Å². The van der Waals surface area contributed by atoms with Gasteiger partial charge in [-0.25, -0.2) is 0 Å². The molecule has 0 N–H and O–H groups in total. The topological polar surface area (TPSA) is 36.9 Å². The van der Waals surface area contributed by atoms with Crippen LogP contribution in [0.4, 0.5) is 0 Å². The van der Waals surface area contributed by atoms with Gasteiger partial charge in [-0.05, 0) is 0 Å². The summed E-state index contributed by atoms with van der Waals surface area (Å²) in [7, 11) is -2.78. The molecule has 1 rings (SSSR count). The van der Waals surface area contributed by atoms with E-state index >= 15 is 0 Å². The SMILES string of the molecule is CCCCCCCCCCCCCCCCCCO[PH](CCCCCCCCC)(OCCCCCCCCC)OCCOc1ccccc1. The molecule has 0 amide bonds. The van der Waals surface area contributed by atoms with Crippen molar-refractivity contribution >= 4 is 7.94 Å². The molecule has 290 valence electrons. The number of benzene rings is 1. The molecule has 0 spiro atoms. The van der Waals surface area contributed by atoms with Crippen LogP contribution >= 0.6 is 7.94 Å². The third-order valence-corrected chi connectivity index (χ3v) is 12.8. The van der Waals surface area contributed by atoms with Crippen molar-refractivity contribution in [3.63, 3.8) is 0 Å². The molecule has 0 aromatic heterocycles. The van der Waals surface area contributed by atoms with Crippen molar-refractivity contribution in [3.05, 3.63) is 30.3 Å². The van der Waals surface area contributed by atoms with E-state index < -0.39 is 7.94 Å². The summed E-state index contributed by atoms with van der Waals surface area (Å²) in [5.41, 5.74) is 0. The van der Waals surface area contributed by atoms with Gasteiger partial charge in [0.05, 0.1) is 0 Å². The second-order valence-electron chi connectivity index (χ2n) is 14.7. The van der Waals surface area contributed by atoms with E-state index in [2.05, 4.69) is 20.8 Å². The van der Waals surface area contributed by atoms with Crippen molar-refractivity contribution in [2.24, 2.45) is 0 Å². The van der Waals surface area contributed by atoms with Crippen molar-refractivity contribution < 1.29 is 18.3 Å². The average molecular weight is 709 g/mol. The van der Waals surface area contributed by atoms with E-state index in [1.807, 2.05) is 30.3 Å². The molecule has 0 fully saturated rings. The summed E-state index contributed by atoms with van der Waals surface area (Å²) < 4.78 is 26.1. The van der Waals surface area contributed by atoms with Crippen LogP contribution in [0.1, 0.15) is 213 Å². The van der Waals surface area contributed by atoms with E-state index in [1.165, 1.54) is 173 Å². The van der Waals surface area contributed by atoms with Crippen LogP contribution in [0.3, 0.4) is 0 Å². The Morgan fingerprint density at radius 1 is 0.347 bits per heavy atom. The first-order valence-electron chi connectivity index (χ1n) is 21.9. The number of hydrogen-bond donors (Lipinski definition) is 0. The standard InChI is InChI=1S/C44H85O4P/c1-4-7-10-13-16-17-18-19-20-21-22-23-24-26-29-35-40-47-49(43-36-30-27-15-12-9-6-3,46-39-34-28-25-14-11-8-5-2)48-42-41-45-44-37-32-31-33-38-44/h31-33,37-38,49H,4-30,34-36,39-43H2,1-3H3. The van der Waals surface area contributed by atoms with Gasteiger partial charge in [-0.3, -0.25) is 0 Å². The fourth-order valence-electron chi connectivity index (χ4n) is 6.68. The summed E-state index contributed by atoms with van der Waals surface area (Å²) in [6, 6.07) is 10.1. The van der Waals surface area contributed by atoms with E-state index in [1.54, 1.807) is 0 Å². The van der Waals surface area contributed by atoms with Crippen LogP contribution in [-0.2, 0) is 13.6 Å². The van der Waals surface area contributed by atoms with Gasteiger partial charge in [0.1, 0.15) is 0 Å². The zero-order valence-electron chi connectivity index (χ0n) is 33.3. The molecule has 0 aliphatic carbocycles. The molecule has 0 bridgehead atoms. The first-order chi connectivity index (χ1) is 24.3. The molecule has 0 aliphatic heterocycles. The Balaban J connectivity index is 2.45. The average Bonchev–Trinajstić information content (AvgIpc) is 3.12. The summed E-state index contributed by atoms with van der Waals surface area (Å²) in [4.78, 5) is 0. The third kappa shape index (κ3) is 30.6. The molecule has 0 saturated heterocycles. The first kappa shape index (κ1) is 46.4. The predicted octanol–water partition coefficient (Wildman–Crippen LogP) is 15.4. The second kappa shape index (κ2) is 37.1. The zero-order valence-corrected chi connectivity index (χ0v) is 34.3. The Morgan fingerprint density at radius 2 is 0.673 bits per heavy atom. The van der Waals surface area contributed by atoms with Crippen molar-refractivity contribution in [2.75, 3.05) is 32.6 Å². The van der Waals surface area contributed by atoms with Crippen molar-refractivity contribution in [3.8, 4) is 5.75 Å². The van der Waals surface area contributed by atoms with Crippen molar-refractivity contribution in [1.29, 1.82) is 0 Å². The second-order valence-corrected chi connectivity index (χ2v) is 17.4. The van der Waals surface area contributed by atoms with E-state index in [4.69, 9.17) is 18.3 Å². The maximum absolute atomic E-state index is 6.74. The van der Waals surface area contributed by atoms with Crippen LogP contribution in [0, 0.1) is 0 Å². The van der Waals surface area contributed by atoms with Gasteiger partial charge in [0.15, 0.2) is 0 Å². The molecule has 0 saturated carbocycles. The molecule has 49 heavy (non-hydrogen) atoms. The molecule has 1 aromatic rings. The molecule has 5 heteroatoms. The van der Waals surface area contributed by atoms with Crippen LogP contribution in [0.15, 0.2) is 30.3 Å². The van der Waals surface area contributed by atoms with Crippen LogP contribution < -0.4 is 4.74 Å². The van der Waals surface area contributed by atoms with E-state index in [0.29, 0.717) is 13.2 Å². The Labute approximate surface area is 307 Å². The molecular weight excluding hydrogens is 623 g/mol. The van der Waals surface area contributed by atoms with Gasteiger partial charge in [0.2, 0.25) is 0 Å². The van der Waals surface area contributed by atoms with Crippen LogP contribution in [0.25, 0.3) is 0 Å². The molecule has 4 nitrogen and oxygen atoms in total. The van der Waals surface area contributed by atoms with Crippen molar-refractivity contribution in [2.45, 2.75) is 213 Å². The normalized spacial score (nSPS) is 12.1. The Kier molecular flexibility index (Phi) is 35.1. The minimum absolute atomic E-state index is 0.521. The molecule has 0 atom stereocenters. The Hall–Kier alpha value is -0.670. The molecule has 0 heterocycles. The minimum atomic E-state index is -2.78. The predicted molar refractivity (Wildman–Crippen MR) is 219 cm³/mol. The summed E-state index contributed by atoms with van der Waals surface area (Å²) >= 11 is 0. The number of hydrogen-bond acceptors (Lipinski definition) is 4. The molecule has 0 radical (unpaired) electrons. The maximum atomic E-state index is 6.74. The fraction of sp³-hybridized carbons (Fsp3) is 0.864. The Bertz CT molecular complexity index is 763. The van der Waals surface area contributed by atoms with Crippen LogP contribution in [0.2, 0.25) is 0 Å². The molecule has 0 unspecified atom stereocenters. The van der Waals surface area contributed by atoms with Gasteiger partial charge in [-0.1, -0.05) is 45.4 Å². The number of unbranched alkanes of at least 4 members (excludes halogenated alkanes) is 27. The fourth-order valence-corrected chi connectivity index (χ4v) is 9.35. The summed E-state index contributed by atoms with van der Waals surface area (Å²) in [6.45, 7) is 9.45. The van der Waals surface area contributed by atoms with E-state index in [9.17, 15) is 0 Å². The summed E-state index contributed by atoms with van der Waals surface area (Å²) in [6.07, 6.45) is 41.1. The number of rotatable bonds is 40. The van der Waals surface area contributed by atoms with Gasteiger partial charge in [-0.2, -0.15) is 0 Å². The number of para-hydroxylation sites is 1. The third-order valence-electron chi connectivity index (χ3n) is 9.89. The van der Waals surface area contributed by atoms with Crippen LogP contribution in [-0.4, -0.2) is 32.6 Å². The van der Waals surface area contributed by atoms with Crippen LogP contribution in [0.5, 0.6) is 5.75 Å². The Morgan fingerprint density at radius 3 is 1.06 bits per heavy atom. The number of ether oxygens (including phenoxy) is 1. The van der Waals surface area contributed by atoms with Gasteiger partial charge in [0, 0.05) is 0 Å². The summed E-state index contributed by atoms with van der Waals surface area (Å²) in [5, 5.41) is 0. The van der Waals surface area contributed by atoms with Gasteiger partial charge >= 0.3 is 263 Å². The summed E-state index contributed by atoms with van der Waals surface area (Å²) in [5.74, 6) is 0.892. The monoisotopic (exact) mass is 709 g/mol. The van der Waals surface area contributed by atoms with E-state index in [-0.39, 0.29) is 0 Å². The molecular formula is C44H85O4P. The molecule has 1 aromatic carbocycles. The van der Waals surface area contributed by atoms with Gasteiger partial charge < -0.3 is 0 Å². The first-order valence-corrected chi connectivity index (χ1v) is 23.8.